The van der Waals surface area contributed by atoms with Crippen molar-refractivity contribution < 1.29 is 17.5 Å². The highest BCUT2D eigenvalue weighted by Crippen LogP contribution is 2.25. The molecule has 0 amide bonds. The Kier molecular flexibility index (Phi) is 5.69. The van der Waals surface area contributed by atoms with Crippen molar-refractivity contribution >= 4 is 15.8 Å². The minimum absolute atomic E-state index is 0.0446. The SMILES string of the molecule is CCOc1ccc(S(=O)(=O)N2CCN(c3ccc(-n4cccc4)nn3)CC2)cc1F. The Balaban J connectivity index is 1.43. The first-order valence-electron chi connectivity index (χ1n) is 9.63. The number of hydrogen-bond donors (Lipinski definition) is 0. The summed E-state index contributed by atoms with van der Waals surface area (Å²) in [6.45, 7) is 3.53. The lowest BCUT2D eigenvalue weighted by atomic mass is 10.3. The lowest BCUT2D eigenvalue weighted by molar-refractivity contribution is 0.321. The Hall–Kier alpha value is -2.98. The molecule has 0 radical (unpaired) electrons. The first-order chi connectivity index (χ1) is 14.5. The lowest BCUT2D eigenvalue weighted by Crippen LogP contribution is -2.49. The first-order valence-corrected chi connectivity index (χ1v) is 11.1. The largest absolute Gasteiger partial charge is 0.491 e. The third-order valence-corrected chi connectivity index (χ3v) is 6.80. The fourth-order valence-corrected chi connectivity index (χ4v) is 4.77. The molecule has 30 heavy (non-hydrogen) atoms. The summed E-state index contributed by atoms with van der Waals surface area (Å²) in [5.74, 6) is 0.760. The first kappa shape index (κ1) is 20.3. The highest BCUT2D eigenvalue weighted by atomic mass is 32.2. The van der Waals surface area contributed by atoms with Crippen LogP contribution in [-0.2, 0) is 10.0 Å². The maximum atomic E-state index is 14.1. The normalized spacial score (nSPS) is 15.3. The van der Waals surface area contributed by atoms with Crippen LogP contribution in [0.3, 0.4) is 0 Å². The summed E-state index contributed by atoms with van der Waals surface area (Å²) in [4.78, 5) is 1.91. The van der Waals surface area contributed by atoms with Crippen molar-refractivity contribution in [2.45, 2.75) is 11.8 Å². The third-order valence-electron chi connectivity index (χ3n) is 4.91. The van der Waals surface area contributed by atoms with Crippen LogP contribution < -0.4 is 9.64 Å². The van der Waals surface area contributed by atoms with E-state index in [2.05, 4.69) is 10.2 Å². The maximum absolute atomic E-state index is 14.1. The second-order valence-corrected chi connectivity index (χ2v) is 8.69. The second-order valence-electron chi connectivity index (χ2n) is 6.76. The van der Waals surface area contributed by atoms with E-state index in [9.17, 15) is 12.8 Å². The second kappa shape index (κ2) is 8.41. The van der Waals surface area contributed by atoms with Crippen LogP contribution in [-0.4, -0.2) is 60.3 Å². The number of anilines is 1. The number of nitrogens with zero attached hydrogens (tertiary/aromatic N) is 5. The van der Waals surface area contributed by atoms with Crippen molar-refractivity contribution in [1.29, 1.82) is 0 Å². The van der Waals surface area contributed by atoms with Gasteiger partial charge in [0.25, 0.3) is 0 Å². The van der Waals surface area contributed by atoms with E-state index in [4.69, 9.17) is 4.74 Å². The molecule has 0 saturated carbocycles. The van der Waals surface area contributed by atoms with E-state index in [1.165, 1.54) is 16.4 Å². The molecule has 4 rings (SSSR count). The van der Waals surface area contributed by atoms with Gasteiger partial charge in [0, 0.05) is 38.6 Å². The van der Waals surface area contributed by atoms with Crippen LogP contribution in [0.4, 0.5) is 10.2 Å². The fourth-order valence-electron chi connectivity index (χ4n) is 3.33. The van der Waals surface area contributed by atoms with Crippen molar-refractivity contribution in [2.24, 2.45) is 0 Å². The fraction of sp³-hybridized carbons (Fsp3) is 0.300. The van der Waals surface area contributed by atoms with Gasteiger partial charge in [-0.05, 0) is 49.4 Å². The molecule has 1 aliphatic heterocycles. The van der Waals surface area contributed by atoms with Gasteiger partial charge in [-0.25, -0.2) is 12.8 Å². The Morgan fingerprint density at radius 3 is 2.27 bits per heavy atom. The molecular formula is C20H22FN5O3S. The number of ether oxygens (including phenoxy) is 1. The number of hydrogen-bond acceptors (Lipinski definition) is 6. The molecule has 0 unspecified atom stereocenters. The summed E-state index contributed by atoms with van der Waals surface area (Å²) in [5, 5.41) is 8.50. The van der Waals surface area contributed by atoms with E-state index in [1.807, 2.05) is 46.1 Å². The number of sulfonamides is 1. The number of benzene rings is 1. The summed E-state index contributed by atoms with van der Waals surface area (Å²) in [6, 6.07) is 11.3. The molecule has 10 heteroatoms. The van der Waals surface area contributed by atoms with Crippen molar-refractivity contribution in [3.63, 3.8) is 0 Å². The smallest absolute Gasteiger partial charge is 0.243 e. The quantitative estimate of drug-likeness (QED) is 0.596. The van der Waals surface area contributed by atoms with Gasteiger partial charge < -0.3 is 14.2 Å². The zero-order valence-electron chi connectivity index (χ0n) is 16.5. The monoisotopic (exact) mass is 431 g/mol. The number of aromatic nitrogens is 3. The molecule has 3 aromatic rings. The Bertz CT molecular complexity index is 1100. The standard InChI is InChI=1S/C20H22FN5O3S/c1-2-29-18-6-5-16(15-17(18)21)30(27,28)26-13-11-25(12-14-26)20-8-7-19(22-23-20)24-9-3-4-10-24/h3-10,15H,2,11-14H2,1H3. The van der Waals surface area contributed by atoms with Crippen LogP contribution in [0.5, 0.6) is 5.75 Å². The molecule has 3 heterocycles. The van der Waals surface area contributed by atoms with Gasteiger partial charge in [0.05, 0.1) is 11.5 Å². The Labute approximate surface area is 174 Å². The molecule has 0 atom stereocenters. The lowest BCUT2D eigenvalue weighted by Gasteiger charge is -2.34. The summed E-state index contributed by atoms with van der Waals surface area (Å²) in [6.07, 6.45) is 3.77. The number of piperazine rings is 1. The van der Waals surface area contributed by atoms with Crippen LogP contribution in [0.25, 0.3) is 5.82 Å². The highest BCUT2D eigenvalue weighted by Gasteiger charge is 2.29. The van der Waals surface area contributed by atoms with E-state index < -0.39 is 15.8 Å². The van der Waals surface area contributed by atoms with Crippen LogP contribution >= 0.6 is 0 Å². The van der Waals surface area contributed by atoms with Crippen LogP contribution in [0, 0.1) is 5.82 Å². The zero-order chi connectivity index (χ0) is 21.1. The number of halogens is 1. The van der Waals surface area contributed by atoms with Crippen LogP contribution in [0.2, 0.25) is 0 Å². The number of rotatable bonds is 6. The topological polar surface area (TPSA) is 80.6 Å². The molecular weight excluding hydrogens is 409 g/mol. The third kappa shape index (κ3) is 4.01. The van der Waals surface area contributed by atoms with E-state index in [0.717, 1.165) is 6.07 Å². The van der Waals surface area contributed by atoms with Crippen LogP contribution in [0.15, 0.2) is 59.8 Å². The average Bonchev–Trinajstić information content (AvgIpc) is 3.30. The maximum Gasteiger partial charge on any atom is 0.243 e. The van der Waals surface area contributed by atoms with E-state index in [1.54, 1.807) is 6.92 Å². The van der Waals surface area contributed by atoms with Crippen LogP contribution in [0.1, 0.15) is 6.92 Å². The summed E-state index contributed by atoms with van der Waals surface area (Å²) in [7, 11) is -3.79. The van der Waals surface area contributed by atoms with E-state index >= 15 is 0 Å². The molecule has 0 aliphatic carbocycles. The summed E-state index contributed by atoms with van der Waals surface area (Å²) in [5.41, 5.74) is 0. The van der Waals surface area contributed by atoms with Crippen molar-refractivity contribution in [2.75, 3.05) is 37.7 Å². The van der Waals surface area contributed by atoms with E-state index in [0.29, 0.717) is 31.3 Å². The average molecular weight is 431 g/mol. The molecule has 8 nitrogen and oxygen atoms in total. The van der Waals surface area contributed by atoms with Crippen molar-refractivity contribution in [3.8, 4) is 11.6 Å². The van der Waals surface area contributed by atoms with Gasteiger partial charge >= 0.3 is 0 Å². The predicted molar refractivity (Wildman–Crippen MR) is 110 cm³/mol. The van der Waals surface area contributed by atoms with Crippen molar-refractivity contribution in [3.05, 3.63) is 60.7 Å². The highest BCUT2D eigenvalue weighted by molar-refractivity contribution is 7.89. The van der Waals surface area contributed by atoms with Gasteiger partial charge in [0.2, 0.25) is 10.0 Å². The Morgan fingerprint density at radius 2 is 1.67 bits per heavy atom. The van der Waals surface area contributed by atoms with Gasteiger partial charge in [0.15, 0.2) is 23.2 Å². The predicted octanol–water partition coefficient (Wildman–Crippen LogP) is 2.32. The molecule has 1 fully saturated rings. The molecule has 0 bridgehead atoms. The summed E-state index contributed by atoms with van der Waals surface area (Å²) < 4.78 is 48.3. The Morgan fingerprint density at radius 1 is 1.00 bits per heavy atom. The molecule has 1 aliphatic rings. The van der Waals surface area contributed by atoms with Crippen molar-refractivity contribution in [1.82, 2.24) is 19.1 Å². The van der Waals surface area contributed by atoms with Gasteiger partial charge in [-0.1, -0.05) is 0 Å². The van der Waals surface area contributed by atoms with Gasteiger partial charge in [-0.3, -0.25) is 0 Å². The molecule has 1 saturated heterocycles. The molecule has 158 valence electrons. The zero-order valence-corrected chi connectivity index (χ0v) is 17.3. The molecule has 1 aromatic carbocycles. The van der Waals surface area contributed by atoms with Gasteiger partial charge in [-0.15, -0.1) is 10.2 Å². The molecule has 2 aromatic heterocycles. The van der Waals surface area contributed by atoms with E-state index in [-0.39, 0.29) is 23.7 Å². The minimum Gasteiger partial charge on any atom is -0.491 e. The van der Waals surface area contributed by atoms with Gasteiger partial charge in [-0.2, -0.15) is 4.31 Å². The minimum atomic E-state index is -3.79. The molecule has 0 spiro atoms. The van der Waals surface area contributed by atoms with Gasteiger partial charge in [0.1, 0.15) is 0 Å². The summed E-state index contributed by atoms with van der Waals surface area (Å²) >= 11 is 0. The molecule has 0 N–H and O–H groups in total.